The molecule has 0 saturated carbocycles. The fraction of sp³-hybridized carbons (Fsp3) is 0.538. The molecule has 1 heterocycles. The van der Waals surface area contributed by atoms with Crippen molar-refractivity contribution in [2.45, 2.75) is 38.1 Å². The van der Waals surface area contributed by atoms with Gasteiger partial charge in [-0.3, -0.25) is 0 Å². The van der Waals surface area contributed by atoms with Gasteiger partial charge in [0.05, 0.1) is 0 Å². The molecule has 0 aromatic heterocycles. The van der Waals surface area contributed by atoms with E-state index in [1.54, 1.807) is 0 Å². The van der Waals surface area contributed by atoms with E-state index in [9.17, 15) is 13.2 Å². The Balaban J connectivity index is 2.23. The molecule has 2 rings (SSSR count). The van der Waals surface area contributed by atoms with E-state index in [1.165, 1.54) is 0 Å². The molecule has 1 aliphatic rings. The summed E-state index contributed by atoms with van der Waals surface area (Å²) >= 11 is 0. The minimum absolute atomic E-state index is 0.0866. The summed E-state index contributed by atoms with van der Waals surface area (Å²) in [5, 5.41) is 3.38. The van der Waals surface area contributed by atoms with Gasteiger partial charge in [-0.1, -0.05) is 6.92 Å². The average molecular weight is 243 g/mol. The topological polar surface area (TPSA) is 12.0 Å². The maximum atomic E-state index is 13.1. The van der Waals surface area contributed by atoms with Crippen molar-refractivity contribution in [3.8, 4) is 0 Å². The molecule has 0 radical (unpaired) electrons. The highest BCUT2D eigenvalue weighted by Gasteiger charge is 2.31. The molecular weight excluding hydrogens is 227 g/mol. The zero-order chi connectivity index (χ0) is 12.5. The van der Waals surface area contributed by atoms with Gasteiger partial charge in [-0.25, -0.2) is 13.2 Å². The van der Waals surface area contributed by atoms with Gasteiger partial charge >= 0.3 is 0 Å². The van der Waals surface area contributed by atoms with Crippen LogP contribution in [0.2, 0.25) is 0 Å². The van der Waals surface area contributed by atoms with Crippen molar-refractivity contribution in [3.05, 3.63) is 35.1 Å². The minimum Gasteiger partial charge on any atom is -0.311 e. The fourth-order valence-corrected chi connectivity index (χ4v) is 2.55. The molecule has 1 aromatic carbocycles. The van der Waals surface area contributed by atoms with E-state index in [2.05, 4.69) is 12.2 Å². The second-order valence-electron chi connectivity index (χ2n) is 4.71. The Morgan fingerprint density at radius 1 is 1.24 bits per heavy atom. The maximum absolute atomic E-state index is 13.1. The highest BCUT2D eigenvalue weighted by molar-refractivity contribution is 5.22. The number of hydrogen-bond acceptors (Lipinski definition) is 1. The molecule has 1 unspecified atom stereocenters. The molecule has 1 aromatic rings. The van der Waals surface area contributed by atoms with Crippen LogP contribution < -0.4 is 5.32 Å². The lowest BCUT2D eigenvalue weighted by Crippen LogP contribution is -2.41. The first-order valence-electron chi connectivity index (χ1n) is 5.95. The summed E-state index contributed by atoms with van der Waals surface area (Å²) in [6.07, 6.45) is 3.50. The minimum atomic E-state index is -1.39. The Labute approximate surface area is 99.0 Å². The third-order valence-corrected chi connectivity index (χ3v) is 3.59. The molecule has 17 heavy (non-hydrogen) atoms. The van der Waals surface area contributed by atoms with Gasteiger partial charge in [-0.15, -0.1) is 0 Å². The number of halogens is 3. The molecule has 94 valence electrons. The Bertz CT molecular complexity index is 388. The van der Waals surface area contributed by atoms with E-state index in [-0.39, 0.29) is 5.54 Å². The normalized spacial score (nSPS) is 24.2. The molecule has 0 spiro atoms. The van der Waals surface area contributed by atoms with Crippen LogP contribution in [0.3, 0.4) is 0 Å². The Morgan fingerprint density at radius 2 is 1.88 bits per heavy atom. The summed E-state index contributed by atoms with van der Waals surface area (Å²) in [7, 11) is 0. The van der Waals surface area contributed by atoms with Crippen LogP contribution in [0.25, 0.3) is 0 Å². The lowest BCUT2D eigenvalue weighted by Gasteiger charge is -2.28. The van der Waals surface area contributed by atoms with E-state index in [0.717, 1.165) is 37.9 Å². The Morgan fingerprint density at radius 3 is 2.35 bits per heavy atom. The van der Waals surface area contributed by atoms with Gasteiger partial charge in [-0.05, 0) is 49.9 Å². The van der Waals surface area contributed by atoms with Crippen LogP contribution in [-0.2, 0) is 6.42 Å². The van der Waals surface area contributed by atoms with Crippen molar-refractivity contribution in [2.75, 3.05) is 6.54 Å². The smallest absolute Gasteiger partial charge is 0.194 e. The van der Waals surface area contributed by atoms with Crippen LogP contribution in [0.15, 0.2) is 12.1 Å². The van der Waals surface area contributed by atoms with Gasteiger partial charge < -0.3 is 5.32 Å². The molecule has 1 fully saturated rings. The third-order valence-electron chi connectivity index (χ3n) is 3.59. The van der Waals surface area contributed by atoms with Crippen LogP contribution in [0, 0.1) is 17.5 Å². The zero-order valence-electron chi connectivity index (χ0n) is 9.82. The first kappa shape index (κ1) is 12.4. The summed E-state index contributed by atoms with van der Waals surface area (Å²) in [6, 6.07) is 2.19. The Kier molecular flexibility index (Phi) is 3.43. The molecule has 1 aliphatic heterocycles. The predicted molar refractivity (Wildman–Crippen MR) is 60.3 cm³/mol. The van der Waals surface area contributed by atoms with Gasteiger partial charge in [0.25, 0.3) is 0 Å². The first-order valence-corrected chi connectivity index (χ1v) is 5.95. The van der Waals surface area contributed by atoms with E-state index < -0.39 is 17.5 Å². The van der Waals surface area contributed by atoms with Gasteiger partial charge in [0.2, 0.25) is 0 Å². The van der Waals surface area contributed by atoms with Gasteiger partial charge in [-0.2, -0.15) is 0 Å². The van der Waals surface area contributed by atoms with E-state index in [1.807, 2.05) is 0 Å². The fourth-order valence-electron chi connectivity index (χ4n) is 2.55. The highest BCUT2D eigenvalue weighted by Crippen LogP contribution is 2.28. The Hall–Kier alpha value is -1.03. The van der Waals surface area contributed by atoms with Crippen LogP contribution in [-0.4, -0.2) is 12.1 Å². The second-order valence-corrected chi connectivity index (χ2v) is 4.71. The molecule has 0 bridgehead atoms. The van der Waals surface area contributed by atoms with Crippen molar-refractivity contribution in [1.29, 1.82) is 0 Å². The first-order chi connectivity index (χ1) is 8.06. The summed E-state index contributed by atoms with van der Waals surface area (Å²) in [5.74, 6) is -3.60. The van der Waals surface area contributed by atoms with Crippen LogP contribution in [0.4, 0.5) is 13.2 Å². The molecule has 0 aliphatic carbocycles. The van der Waals surface area contributed by atoms with Gasteiger partial charge in [0.1, 0.15) is 0 Å². The molecule has 0 amide bonds. The SMILES string of the molecule is CCC1(Cc2cc(F)c(F)c(F)c2)CCCN1. The summed E-state index contributed by atoms with van der Waals surface area (Å²) in [5.41, 5.74) is 0.425. The van der Waals surface area contributed by atoms with Crippen molar-refractivity contribution < 1.29 is 13.2 Å². The summed E-state index contributed by atoms with van der Waals surface area (Å²) < 4.78 is 39.1. The number of benzene rings is 1. The number of rotatable bonds is 3. The number of hydrogen-bond donors (Lipinski definition) is 1. The molecule has 1 nitrogen and oxygen atoms in total. The van der Waals surface area contributed by atoms with E-state index in [4.69, 9.17) is 0 Å². The van der Waals surface area contributed by atoms with Crippen molar-refractivity contribution in [2.24, 2.45) is 0 Å². The van der Waals surface area contributed by atoms with Crippen LogP contribution in [0.5, 0.6) is 0 Å². The average Bonchev–Trinajstić information content (AvgIpc) is 2.75. The van der Waals surface area contributed by atoms with Gasteiger partial charge in [0, 0.05) is 5.54 Å². The van der Waals surface area contributed by atoms with Crippen molar-refractivity contribution in [3.63, 3.8) is 0 Å². The number of nitrogens with one attached hydrogen (secondary N) is 1. The molecular formula is C13H16F3N. The quantitative estimate of drug-likeness (QED) is 0.804. The molecule has 4 heteroatoms. The van der Waals surface area contributed by atoms with Crippen molar-refractivity contribution >= 4 is 0 Å². The lowest BCUT2D eigenvalue weighted by atomic mass is 9.87. The zero-order valence-corrected chi connectivity index (χ0v) is 9.82. The largest absolute Gasteiger partial charge is 0.311 e. The lowest BCUT2D eigenvalue weighted by molar-refractivity contribution is 0.357. The van der Waals surface area contributed by atoms with Crippen molar-refractivity contribution in [1.82, 2.24) is 5.32 Å². The maximum Gasteiger partial charge on any atom is 0.194 e. The van der Waals surface area contributed by atoms with E-state index >= 15 is 0 Å². The summed E-state index contributed by atoms with van der Waals surface area (Å²) in [6.45, 7) is 2.98. The molecule has 1 saturated heterocycles. The second kappa shape index (κ2) is 4.69. The van der Waals surface area contributed by atoms with Crippen LogP contribution in [0.1, 0.15) is 31.7 Å². The summed E-state index contributed by atoms with van der Waals surface area (Å²) in [4.78, 5) is 0. The highest BCUT2D eigenvalue weighted by atomic mass is 19.2. The molecule has 1 N–H and O–H groups in total. The monoisotopic (exact) mass is 243 g/mol. The molecule has 1 atom stereocenters. The van der Waals surface area contributed by atoms with Gasteiger partial charge in [0.15, 0.2) is 17.5 Å². The standard InChI is InChI=1S/C13H16F3N/c1-2-13(4-3-5-17-13)8-9-6-10(14)12(16)11(15)7-9/h6-7,17H,2-5,8H2,1H3. The van der Waals surface area contributed by atoms with Crippen LogP contribution >= 0.6 is 0 Å². The van der Waals surface area contributed by atoms with E-state index in [0.29, 0.717) is 12.0 Å². The third kappa shape index (κ3) is 2.46. The predicted octanol–water partition coefficient (Wildman–Crippen LogP) is 3.18.